The zero-order valence-electron chi connectivity index (χ0n) is 11.4. The van der Waals surface area contributed by atoms with Gasteiger partial charge in [-0.2, -0.15) is 11.3 Å². The molecule has 1 aromatic rings. The summed E-state index contributed by atoms with van der Waals surface area (Å²) in [7, 11) is 0. The highest BCUT2D eigenvalue weighted by atomic mass is 32.1. The minimum absolute atomic E-state index is 0.0736. The van der Waals surface area contributed by atoms with E-state index in [-0.39, 0.29) is 12.5 Å². The van der Waals surface area contributed by atoms with Gasteiger partial charge in [-0.25, -0.2) is 4.79 Å². The predicted octanol–water partition coefficient (Wildman–Crippen LogP) is 2.33. The highest BCUT2D eigenvalue weighted by molar-refractivity contribution is 7.08. The SMILES string of the molecule is CC(C)(C)OC(=O)N1CCN(c2ccsc2)C(=O)C1. The van der Waals surface area contributed by atoms with Crippen LogP contribution in [0.2, 0.25) is 0 Å². The molecule has 0 bridgehead atoms. The molecule has 0 aliphatic carbocycles. The fourth-order valence-corrected chi connectivity index (χ4v) is 2.48. The van der Waals surface area contributed by atoms with Crippen molar-refractivity contribution in [3.8, 4) is 0 Å². The summed E-state index contributed by atoms with van der Waals surface area (Å²) in [5.41, 5.74) is 0.365. The maximum Gasteiger partial charge on any atom is 0.410 e. The molecule has 19 heavy (non-hydrogen) atoms. The van der Waals surface area contributed by atoms with E-state index < -0.39 is 11.7 Å². The number of piperazine rings is 1. The van der Waals surface area contributed by atoms with Crippen molar-refractivity contribution in [2.24, 2.45) is 0 Å². The summed E-state index contributed by atoms with van der Waals surface area (Å²) in [5, 5.41) is 3.86. The summed E-state index contributed by atoms with van der Waals surface area (Å²) in [6, 6.07) is 1.91. The van der Waals surface area contributed by atoms with Crippen molar-refractivity contribution in [2.75, 3.05) is 24.5 Å². The van der Waals surface area contributed by atoms with Gasteiger partial charge in [0.25, 0.3) is 0 Å². The van der Waals surface area contributed by atoms with Crippen molar-refractivity contribution in [2.45, 2.75) is 26.4 Å². The van der Waals surface area contributed by atoms with Gasteiger partial charge < -0.3 is 9.64 Å². The van der Waals surface area contributed by atoms with Crippen molar-refractivity contribution < 1.29 is 14.3 Å². The normalized spacial score (nSPS) is 16.7. The number of carbonyl (C=O) groups is 2. The van der Waals surface area contributed by atoms with Crippen molar-refractivity contribution in [3.05, 3.63) is 16.8 Å². The second kappa shape index (κ2) is 5.21. The van der Waals surface area contributed by atoms with Gasteiger partial charge in [-0.15, -0.1) is 0 Å². The van der Waals surface area contributed by atoms with Crippen LogP contribution >= 0.6 is 11.3 Å². The van der Waals surface area contributed by atoms with Crippen LogP contribution in [0.25, 0.3) is 0 Å². The molecular weight excluding hydrogens is 264 g/mol. The van der Waals surface area contributed by atoms with Crippen LogP contribution in [0.3, 0.4) is 0 Å². The van der Waals surface area contributed by atoms with Crippen molar-refractivity contribution in [1.82, 2.24) is 4.90 Å². The van der Waals surface area contributed by atoms with E-state index in [2.05, 4.69) is 0 Å². The molecule has 2 amide bonds. The van der Waals surface area contributed by atoms with Gasteiger partial charge in [0.15, 0.2) is 0 Å². The van der Waals surface area contributed by atoms with Crippen LogP contribution in [0.15, 0.2) is 16.8 Å². The summed E-state index contributed by atoms with van der Waals surface area (Å²) in [6.45, 7) is 6.52. The van der Waals surface area contributed by atoms with Crippen LogP contribution < -0.4 is 4.90 Å². The van der Waals surface area contributed by atoms with Crippen molar-refractivity contribution in [3.63, 3.8) is 0 Å². The summed E-state index contributed by atoms with van der Waals surface area (Å²) in [6.07, 6.45) is -0.425. The summed E-state index contributed by atoms with van der Waals surface area (Å²) >= 11 is 1.55. The van der Waals surface area contributed by atoms with Gasteiger partial charge in [0.1, 0.15) is 12.1 Å². The first-order chi connectivity index (χ1) is 8.87. The number of anilines is 1. The molecule has 0 N–H and O–H groups in total. The van der Waals surface area contributed by atoms with Gasteiger partial charge in [0, 0.05) is 18.5 Å². The van der Waals surface area contributed by atoms with Crippen LogP contribution in [0.4, 0.5) is 10.5 Å². The minimum Gasteiger partial charge on any atom is -0.444 e. The van der Waals surface area contributed by atoms with Gasteiger partial charge in [-0.3, -0.25) is 9.69 Å². The molecule has 1 saturated heterocycles. The van der Waals surface area contributed by atoms with Crippen molar-refractivity contribution in [1.29, 1.82) is 0 Å². The largest absolute Gasteiger partial charge is 0.444 e. The Bertz CT molecular complexity index is 465. The molecule has 0 atom stereocenters. The third-order valence-corrected chi connectivity index (χ3v) is 3.36. The van der Waals surface area contributed by atoms with E-state index in [1.165, 1.54) is 4.90 Å². The predicted molar refractivity (Wildman–Crippen MR) is 74.5 cm³/mol. The third kappa shape index (κ3) is 3.47. The minimum atomic E-state index is -0.537. The number of carbonyl (C=O) groups excluding carboxylic acids is 2. The molecule has 104 valence electrons. The van der Waals surface area contributed by atoms with Crippen LogP contribution in [-0.2, 0) is 9.53 Å². The standard InChI is InChI=1S/C13H18N2O3S/c1-13(2,3)18-12(17)14-5-6-15(11(16)8-14)10-4-7-19-9-10/h4,7,9H,5-6,8H2,1-3H3. The number of amides is 2. The number of hydrogen-bond acceptors (Lipinski definition) is 4. The lowest BCUT2D eigenvalue weighted by Gasteiger charge is -2.34. The molecule has 0 unspecified atom stereocenters. The Morgan fingerprint density at radius 2 is 2.11 bits per heavy atom. The van der Waals surface area contributed by atoms with Gasteiger partial charge in [-0.05, 0) is 32.2 Å². The molecule has 0 aromatic carbocycles. The lowest BCUT2D eigenvalue weighted by atomic mass is 10.2. The first-order valence-electron chi connectivity index (χ1n) is 6.17. The molecule has 1 aromatic heterocycles. The Morgan fingerprint density at radius 3 is 2.63 bits per heavy atom. The summed E-state index contributed by atoms with van der Waals surface area (Å²) < 4.78 is 5.27. The lowest BCUT2D eigenvalue weighted by molar-refractivity contribution is -0.121. The van der Waals surface area contributed by atoms with E-state index in [4.69, 9.17) is 4.74 Å². The molecule has 1 aliphatic rings. The summed E-state index contributed by atoms with van der Waals surface area (Å²) in [5.74, 6) is -0.0736. The average Bonchev–Trinajstić information content (AvgIpc) is 2.79. The Kier molecular flexibility index (Phi) is 3.80. The zero-order chi connectivity index (χ0) is 14.0. The van der Waals surface area contributed by atoms with E-state index in [1.807, 2.05) is 37.6 Å². The van der Waals surface area contributed by atoms with Crippen LogP contribution in [-0.4, -0.2) is 42.1 Å². The fraction of sp³-hybridized carbons (Fsp3) is 0.538. The molecule has 0 saturated carbocycles. The van der Waals surface area contributed by atoms with E-state index in [9.17, 15) is 9.59 Å². The van der Waals surface area contributed by atoms with Gasteiger partial charge in [0.2, 0.25) is 5.91 Å². The number of hydrogen-bond donors (Lipinski definition) is 0. The van der Waals surface area contributed by atoms with E-state index in [1.54, 1.807) is 16.2 Å². The van der Waals surface area contributed by atoms with Crippen molar-refractivity contribution >= 4 is 29.0 Å². The monoisotopic (exact) mass is 282 g/mol. The first kappa shape index (κ1) is 13.9. The first-order valence-corrected chi connectivity index (χ1v) is 7.11. The number of nitrogens with zero attached hydrogens (tertiary/aromatic N) is 2. The van der Waals surface area contributed by atoms with Gasteiger partial charge in [-0.1, -0.05) is 0 Å². The molecule has 1 aliphatic heterocycles. The molecule has 2 heterocycles. The summed E-state index contributed by atoms with van der Waals surface area (Å²) in [4.78, 5) is 27.1. The number of rotatable bonds is 1. The highest BCUT2D eigenvalue weighted by Gasteiger charge is 2.30. The van der Waals surface area contributed by atoms with E-state index in [0.29, 0.717) is 13.1 Å². The molecule has 1 fully saturated rings. The maximum absolute atomic E-state index is 12.1. The number of thiophene rings is 1. The van der Waals surface area contributed by atoms with E-state index in [0.717, 1.165) is 5.69 Å². The Morgan fingerprint density at radius 1 is 1.37 bits per heavy atom. The molecule has 0 radical (unpaired) electrons. The molecule has 5 nitrogen and oxygen atoms in total. The lowest BCUT2D eigenvalue weighted by Crippen LogP contribution is -2.53. The molecule has 2 rings (SSSR count). The van der Waals surface area contributed by atoms with Crippen LogP contribution in [0, 0.1) is 0 Å². The molecule has 0 spiro atoms. The molecular formula is C13H18N2O3S. The second-order valence-corrected chi connectivity index (χ2v) is 6.21. The number of ether oxygens (including phenoxy) is 1. The average molecular weight is 282 g/mol. The highest BCUT2D eigenvalue weighted by Crippen LogP contribution is 2.21. The Balaban J connectivity index is 1.97. The Labute approximate surface area is 116 Å². The molecule has 6 heteroatoms. The van der Waals surface area contributed by atoms with Gasteiger partial charge in [0.05, 0.1) is 5.69 Å². The van der Waals surface area contributed by atoms with E-state index >= 15 is 0 Å². The van der Waals surface area contributed by atoms with Crippen LogP contribution in [0.5, 0.6) is 0 Å². The Hall–Kier alpha value is -1.56. The fourth-order valence-electron chi connectivity index (χ4n) is 1.84. The van der Waals surface area contributed by atoms with Crippen LogP contribution in [0.1, 0.15) is 20.8 Å². The smallest absolute Gasteiger partial charge is 0.410 e. The quantitative estimate of drug-likeness (QED) is 0.794. The zero-order valence-corrected chi connectivity index (χ0v) is 12.2. The third-order valence-electron chi connectivity index (χ3n) is 2.69. The second-order valence-electron chi connectivity index (χ2n) is 5.43. The van der Waals surface area contributed by atoms with Gasteiger partial charge >= 0.3 is 6.09 Å². The topological polar surface area (TPSA) is 49.9 Å². The maximum atomic E-state index is 12.1.